The van der Waals surface area contributed by atoms with Crippen molar-refractivity contribution in [1.29, 1.82) is 0 Å². The number of anilines is 3. The van der Waals surface area contributed by atoms with E-state index in [1.165, 1.54) is 0 Å². The summed E-state index contributed by atoms with van der Waals surface area (Å²) in [5.74, 6) is -1.43. The van der Waals surface area contributed by atoms with Gasteiger partial charge in [0.15, 0.2) is 5.82 Å². The van der Waals surface area contributed by atoms with Gasteiger partial charge in [-0.1, -0.05) is 13.8 Å². The van der Waals surface area contributed by atoms with E-state index in [0.717, 1.165) is 81.4 Å². The molecule has 3 fully saturated rings. The van der Waals surface area contributed by atoms with Gasteiger partial charge >= 0.3 is 0 Å². The molecule has 2 aromatic heterocycles. The van der Waals surface area contributed by atoms with Gasteiger partial charge in [0.1, 0.15) is 6.04 Å². The molecule has 2 aromatic carbocycles. The first-order chi connectivity index (χ1) is 34.3. The molecule has 6 amide bonds. The average molecular weight is 976 g/mol. The van der Waals surface area contributed by atoms with Crippen molar-refractivity contribution >= 4 is 58.7 Å². The Bertz CT molecular complexity index is 2860. The second kappa shape index (κ2) is 19.4. The van der Waals surface area contributed by atoms with E-state index >= 15 is 8.78 Å². The van der Waals surface area contributed by atoms with Gasteiger partial charge in [-0.3, -0.25) is 48.6 Å². The molecule has 3 saturated heterocycles. The summed E-state index contributed by atoms with van der Waals surface area (Å²) < 4.78 is 34.4. The zero-order valence-corrected chi connectivity index (χ0v) is 40.8. The molecule has 376 valence electrons. The van der Waals surface area contributed by atoms with Crippen LogP contribution in [0.2, 0.25) is 0 Å². The second-order valence-corrected chi connectivity index (χ2v) is 19.3. The van der Waals surface area contributed by atoms with Gasteiger partial charge in [-0.25, -0.2) is 8.78 Å². The molecule has 0 spiro atoms. The number of imide groups is 2. The molecule has 2 N–H and O–H groups in total. The first kappa shape index (κ1) is 47.8. The van der Waals surface area contributed by atoms with Crippen LogP contribution in [0.1, 0.15) is 121 Å². The van der Waals surface area contributed by atoms with Crippen LogP contribution in [0.15, 0.2) is 42.7 Å². The van der Waals surface area contributed by atoms with Crippen molar-refractivity contribution in [2.75, 3.05) is 68.7 Å². The Morgan fingerprint density at radius 3 is 2.32 bits per heavy atom. The Morgan fingerprint density at radius 2 is 1.59 bits per heavy atom. The summed E-state index contributed by atoms with van der Waals surface area (Å²) in [5, 5.41) is 10.8. The monoisotopic (exact) mass is 975 g/mol. The molecule has 1 unspecified atom stereocenters. The zero-order valence-electron chi connectivity index (χ0n) is 40.8. The lowest BCUT2D eigenvalue weighted by atomic mass is 9.90. The van der Waals surface area contributed by atoms with E-state index in [2.05, 4.69) is 30.0 Å². The van der Waals surface area contributed by atoms with Crippen LogP contribution in [0.25, 0.3) is 17.2 Å². The third-order valence-corrected chi connectivity index (χ3v) is 15.3. The van der Waals surface area contributed by atoms with Crippen LogP contribution < -0.4 is 20.4 Å². The van der Waals surface area contributed by atoms with E-state index < -0.39 is 36.1 Å². The Morgan fingerprint density at radius 1 is 0.831 bits per heavy atom. The number of aryl methyl sites for hydroxylation is 2. The van der Waals surface area contributed by atoms with Crippen LogP contribution in [0.5, 0.6) is 0 Å². The Kier molecular flexibility index (Phi) is 13.0. The van der Waals surface area contributed by atoms with Gasteiger partial charge in [0.2, 0.25) is 23.6 Å². The van der Waals surface area contributed by atoms with Crippen molar-refractivity contribution in [1.82, 2.24) is 44.6 Å². The number of amides is 6. The lowest BCUT2D eigenvalue weighted by Crippen LogP contribution is -2.54. The van der Waals surface area contributed by atoms with E-state index in [1.807, 2.05) is 59.8 Å². The molecule has 1 atom stereocenters. The molecule has 4 aromatic rings. The van der Waals surface area contributed by atoms with Crippen LogP contribution in [-0.4, -0.2) is 134 Å². The van der Waals surface area contributed by atoms with E-state index in [9.17, 15) is 28.8 Å². The summed E-state index contributed by atoms with van der Waals surface area (Å²) in [4.78, 5) is 88.4. The van der Waals surface area contributed by atoms with E-state index in [1.54, 1.807) is 31.2 Å². The number of nitrogens with one attached hydrogen (secondary N) is 2. The summed E-state index contributed by atoms with van der Waals surface area (Å²) in [5.41, 5.74) is 8.33. The number of alkyl halides is 2. The number of hydrogen-bond acceptors (Lipinski definition) is 11. The molecule has 9 heterocycles. The van der Waals surface area contributed by atoms with E-state index in [-0.39, 0.29) is 55.4 Å². The number of carbonyl (C=O) groups excluding carboxylic acids is 6. The van der Waals surface area contributed by atoms with Crippen molar-refractivity contribution < 1.29 is 39.0 Å². The maximum atomic E-state index is 15.2. The lowest BCUT2D eigenvalue weighted by molar-refractivity contribution is -0.136. The molecule has 7 aliphatic rings. The minimum Gasteiger partial charge on any atom is -0.387 e. The van der Waals surface area contributed by atoms with Crippen LogP contribution >= 0.6 is 0 Å². The van der Waals surface area contributed by atoms with Crippen LogP contribution in [-0.2, 0) is 52.2 Å². The number of carbonyl (C=O) groups is 6. The number of benzene rings is 2. The van der Waals surface area contributed by atoms with E-state index in [0.29, 0.717) is 77.4 Å². The molecule has 7 aliphatic heterocycles. The predicted octanol–water partition coefficient (Wildman–Crippen LogP) is 5.55. The maximum Gasteiger partial charge on any atom is 0.264 e. The Hall–Kier alpha value is -6.89. The summed E-state index contributed by atoms with van der Waals surface area (Å²) in [6.45, 7) is 11.4. The predicted molar refractivity (Wildman–Crippen MR) is 264 cm³/mol. The fourth-order valence-electron chi connectivity index (χ4n) is 11.6. The van der Waals surface area contributed by atoms with Gasteiger partial charge in [0, 0.05) is 138 Å². The number of hydrogen-bond donors (Lipinski definition) is 2. The molecule has 11 rings (SSSR count). The third-order valence-electron chi connectivity index (χ3n) is 15.3. The second-order valence-electron chi connectivity index (χ2n) is 19.3. The highest BCUT2D eigenvalue weighted by Gasteiger charge is 2.45. The molecular weight excluding hydrogens is 913 g/mol. The molecule has 17 nitrogen and oxygen atoms in total. The number of likely N-dealkylation sites (tertiary alicyclic amines) is 1. The standard InChI is InChI=1S/C50H55F2N11O6.C2H6.H2/c1-29(64)60-17-12-41-39(27-60)47(61-14-3-4-30-22-34(35(46(51)52)24-43(30)61)38-26-56(2)40-9-13-53-25-37(38)40)55-63(41)31-10-15-57(16-11-31)28-45(66)59-20-18-58(19-21-59)32-5-6-33-36(23-32)50(69)62(49(33)68)42-7-8-44(65)54-48(42)67;1-2;/h5-6,9,13,22-24,26,31,42,46,53H,3-4,7-8,10-12,14-21,25,27-28H2,1-2H3,(H,54,65,67);1-2H3;1H. The smallest absolute Gasteiger partial charge is 0.264 e. The molecule has 0 radical (unpaired) electrons. The normalized spacial score (nSPS) is 20.3. The van der Waals surface area contributed by atoms with Crippen molar-refractivity contribution in [3.05, 3.63) is 87.5 Å². The summed E-state index contributed by atoms with van der Waals surface area (Å²) in [7, 11) is 1.94. The van der Waals surface area contributed by atoms with Gasteiger partial charge in [0.25, 0.3) is 18.2 Å². The highest BCUT2D eigenvalue weighted by atomic mass is 19.3. The molecular formula is C52H63F2N11O6. The van der Waals surface area contributed by atoms with Crippen molar-refractivity contribution in [2.45, 2.75) is 97.3 Å². The topological polar surface area (TPSA) is 169 Å². The fourth-order valence-corrected chi connectivity index (χ4v) is 11.6. The highest BCUT2D eigenvalue weighted by Crippen LogP contribution is 2.45. The fraction of sp³-hybridized carbons (Fsp3) is 0.481. The number of piperazine rings is 1. The van der Waals surface area contributed by atoms with Crippen molar-refractivity contribution in [3.8, 4) is 11.1 Å². The van der Waals surface area contributed by atoms with Gasteiger partial charge in [-0.2, -0.15) is 5.10 Å². The SMILES string of the molecule is CC.CC(=O)N1CCc2c(c(N3CCCc4cc(-c5cn(C)c6c5CNC=C6)c(C(F)F)cc43)nn2C2CCN(CC(=O)N3CCN(c4ccc5c(c4)C(=O)N(C4CCC(=O)NC4=O)C5=O)CC3)CC2)C1.[HH]. The molecule has 0 aliphatic carbocycles. The highest BCUT2D eigenvalue weighted by molar-refractivity contribution is 6.23. The number of rotatable bonds is 8. The van der Waals surface area contributed by atoms with Gasteiger partial charge in [-0.05, 0) is 85.8 Å². The lowest BCUT2D eigenvalue weighted by Gasteiger charge is -2.38. The van der Waals surface area contributed by atoms with Gasteiger partial charge in [0.05, 0.1) is 30.3 Å². The largest absolute Gasteiger partial charge is 0.387 e. The molecule has 19 heteroatoms. The zero-order chi connectivity index (χ0) is 49.8. The number of aromatic nitrogens is 3. The first-order valence-electron chi connectivity index (χ1n) is 25.1. The molecule has 71 heavy (non-hydrogen) atoms. The third kappa shape index (κ3) is 8.65. The first-order valence-corrected chi connectivity index (χ1v) is 25.1. The number of fused-ring (bicyclic) bond motifs is 4. The summed E-state index contributed by atoms with van der Waals surface area (Å²) >= 11 is 0. The maximum absolute atomic E-state index is 15.2. The Labute approximate surface area is 412 Å². The van der Waals surface area contributed by atoms with Gasteiger partial charge < -0.3 is 29.5 Å². The number of piperidine rings is 2. The number of halogens is 2. The van der Waals surface area contributed by atoms with Crippen LogP contribution in [0.3, 0.4) is 0 Å². The quantitative estimate of drug-likeness (QED) is 0.213. The van der Waals surface area contributed by atoms with E-state index in [4.69, 9.17) is 5.10 Å². The molecule has 0 bridgehead atoms. The minimum atomic E-state index is -2.70. The molecule has 0 saturated carbocycles. The summed E-state index contributed by atoms with van der Waals surface area (Å²) in [6, 6.07) is 7.74. The minimum absolute atomic E-state index is 0. The van der Waals surface area contributed by atoms with Crippen LogP contribution in [0.4, 0.5) is 26.0 Å². The average Bonchev–Trinajstić information content (AvgIpc) is 4.01. The van der Waals surface area contributed by atoms with Crippen molar-refractivity contribution in [3.63, 3.8) is 0 Å². The Balaban J connectivity index is 0.00000211. The summed E-state index contributed by atoms with van der Waals surface area (Å²) in [6.07, 6.45) is 7.00. The van der Waals surface area contributed by atoms with Crippen molar-refractivity contribution in [2.24, 2.45) is 7.05 Å². The number of nitrogens with zero attached hydrogens (tertiary/aromatic N) is 9. The van der Waals surface area contributed by atoms with Crippen LogP contribution in [0, 0.1) is 0 Å². The van der Waals surface area contributed by atoms with Gasteiger partial charge in [-0.15, -0.1) is 0 Å².